The number of rotatable bonds is 3. The minimum absolute atomic E-state index is 0.304. The lowest BCUT2D eigenvalue weighted by Crippen LogP contribution is -2.25. The van der Waals surface area contributed by atoms with Crippen LogP contribution in [0.25, 0.3) is 0 Å². The third-order valence-corrected chi connectivity index (χ3v) is 1.04. The van der Waals surface area contributed by atoms with Gasteiger partial charge in [0.15, 0.2) is 5.78 Å². The van der Waals surface area contributed by atoms with Gasteiger partial charge in [-0.3, -0.25) is 9.59 Å². The summed E-state index contributed by atoms with van der Waals surface area (Å²) < 4.78 is 0. The molecule has 0 spiro atoms. The van der Waals surface area contributed by atoms with Crippen LogP contribution < -0.4 is 0 Å². The minimum Gasteiger partial charge on any atom is -0.385 e. The summed E-state index contributed by atoms with van der Waals surface area (Å²) in [7, 11) is 0. The fourth-order valence-electron chi connectivity index (χ4n) is 0.420. The van der Waals surface area contributed by atoms with Gasteiger partial charge >= 0.3 is 0 Å². The highest BCUT2D eigenvalue weighted by Crippen LogP contribution is 1.91. The zero-order chi connectivity index (χ0) is 7.44. The number of carbonyl (C=O) groups is 2. The number of aliphatic hydroxyl groups is 1. The summed E-state index contributed by atoms with van der Waals surface area (Å²) in [6.07, 6.45) is -0.791. The van der Waals surface area contributed by atoms with Crippen LogP contribution in [0, 0.1) is 0 Å². The van der Waals surface area contributed by atoms with Crippen LogP contribution in [0.3, 0.4) is 0 Å². The summed E-state index contributed by atoms with van der Waals surface area (Å²) in [6.45, 7) is 2.80. The number of hydrogen-bond acceptors (Lipinski definition) is 3. The van der Waals surface area contributed by atoms with Crippen LogP contribution >= 0.6 is 0 Å². The highest BCUT2D eigenvalue weighted by atomic mass is 16.3. The lowest BCUT2D eigenvalue weighted by molar-refractivity contribution is -0.140. The van der Waals surface area contributed by atoms with Gasteiger partial charge in [-0.25, -0.2) is 0 Å². The third-order valence-electron chi connectivity index (χ3n) is 1.04. The summed E-state index contributed by atoms with van der Waals surface area (Å²) >= 11 is 0. The SMILES string of the molecule is CC[C@@H](O)C(=O)C(C)=O. The lowest BCUT2D eigenvalue weighted by Gasteiger charge is -2.00. The van der Waals surface area contributed by atoms with E-state index in [2.05, 4.69) is 0 Å². The van der Waals surface area contributed by atoms with Gasteiger partial charge in [0.1, 0.15) is 6.10 Å². The molecule has 0 aromatic carbocycles. The number of aliphatic hydroxyl groups excluding tert-OH is 1. The molecule has 0 bridgehead atoms. The third kappa shape index (κ3) is 2.37. The average Bonchev–Trinajstić information content (AvgIpc) is 1.84. The predicted octanol–water partition coefficient (Wildman–Crippen LogP) is -0.0846. The van der Waals surface area contributed by atoms with Crippen molar-refractivity contribution < 1.29 is 14.7 Å². The highest BCUT2D eigenvalue weighted by Gasteiger charge is 2.16. The summed E-state index contributed by atoms with van der Waals surface area (Å²) in [5.41, 5.74) is 0. The van der Waals surface area contributed by atoms with Crippen molar-refractivity contribution in [2.24, 2.45) is 0 Å². The number of carbonyl (C=O) groups excluding carboxylic acids is 2. The molecule has 3 heteroatoms. The van der Waals surface area contributed by atoms with E-state index in [4.69, 9.17) is 5.11 Å². The van der Waals surface area contributed by atoms with Gasteiger partial charge in [-0.05, 0) is 6.42 Å². The molecule has 9 heavy (non-hydrogen) atoms. The fourth-order valence-corrected chi connectivity index (χ4v) is 0.420. The van der Waals surface area contributed by atoms with Gasteiger partial charge in [0.2, 0.25) is 5.78 Å². The van der Waals surface area contributed by atoms with Gasteiger partial charge < -0.3 is 5.11 Å². The van der Waals surface area contributed by atoms with Gasteiger partial charge in [0.05, 0.1) is 0 Å². The quantitative estimate of drug-likeness (QED) is 0.543. The Morgan fingerprint density at radius 3 is 2.11 bits per heavy atom. The van der Waals surface area contributed by atoms with E-state index in [0.29, 0.717) is 6.42 Å². The van der Waals surface area contributed by atoms with Crippen LogP contribution in [-0.2, 0) is 9.59 Å². The number of hydrogen-bond donors (Lipinski definition) is 1. The maximum Gasteiger partial charge on any atom is 0.226 e. The van der Waals surface area contributed by atoms with Crippen molar-refractivity contribution in [1.82, 2.24) is 0 Å². The minimum atomic E-state index is -1.09. The van der Waals surface area contributed by atoms with Crippen molar-refractivity contribution in [3.05, 3.63) is 0 Å². The molecule has 0 aliphatic rings. The summed E-state index contributed by atoms with van der Waals surface area (Å²) in [5, 5.41) is 8.73. The van der Waals surface area contributed by atoms with Crippen LogP contribution in [0.15, 0.2) is 0 Å². The molecular formula is C6H10O3. The van der Waals surface area contributed by atoms with Crippen LogP contribution in [0.4, 0.5) is 0 Å². The summed E-state index contributed by atoms with van der Waals surface area (Å²) in [5.74, 6) is -1.28. The molecule has 0 heterocycles. The second kappa shape index (κ2) is 3.35. The van der Waals surface area contributed by atoms with E-state index in [1.165, 1.54) is 0 Å². The van der Waals surface area contributed by atoms with Crippen molar-refractivity contribution in [3.63, 3.8) is 0 Å². The maximum absolute atomic E-state index is 10.5. The monoisotopic (exact) mass is 130 g/mol. The van der Waals surface area contributed by atoms with Crippen molar-refractivity contribution in [1.29, 1.82) is 0 Å². The van der Waals surface area contributed by atoms with Gasteiger partial charge in [0.25, 0.3) is 0 Å². The first kappa shape index (κ1) is 8.30. The Hall–Kier alpha value is -0.700. The molecule has 52 valence electrons. The van der Waals surface area contributed by atoms with E-state index in [-0.39, 0.29) is 0 Å². The van der Waals surface area contributed by atoms with E-state index in [1.807, 2.05) is 0 Å². The molecule has 0 unspecified atom stereocenters. The molecule has 0 aromatic rings. The van der Waals surface area contributed by atoms with E-state index >= 15 is 0 Å². The van der Waals surface area contributed by atoms with Crippen molar-refractivity contribution >= 4 is 11.6 Å². The topological polar surface area (TPSA) is 54.4 Å². The zero-order valence-corrected chi connectivity index (χ0v) is 5.55. The van der Waals surface area contributed by atoms with Crippen LogP contribution in [0.2, 0.25) is 0 Å². The number of ketones is 2. The van der Waals surface area contributed by atoms with Crippen LogP contribution in [-0.4, -0.2) is 22.8 Å². The second-order valence-electron chi connectivity index (χ2n) is 1.84. The first-order valence-corrected chi connectivity index (χ1v) is 2.82. The molecule has 1 atom stereocenters. The van der Waals surface area contributed by atoms with Crippen molar-refractivity contribution in [2.75, 3.05) is 0 Å². The molecule has 0 rings (SSSR count). The Bertz CT molecular complexity index is 128. The molecule has 0 saturated carbocycles. The molecular weight excluding hydrogens is 120 g/mol. The highest BCUT2D eigenvalue weighted by molar-refractivity contribution is 6.37. The zero-order valence-electron chi connectivity index (χ0n) is 5.55. The Labute approximate surface area is 53.7 Å². The molecule has 3 nitrogen and oxygen atoms in total. The molecule has 0 amide bonds. The van der Waals surface area contributed by atoms with Crippen LogP contribution in [0.1, 0.15) is 20.3 Å². The normalized spacial score (nSPS) is 12.8. The second-order valence-corrected chi connectivity index (χ2v) is 1.84. The first-order valence-electron chi connectivity index (χ1n) is 2.82. The van der Waals surface area contributed by atoms with Gasteiger partial charge in [-0.1, -0.05) is 6.92 Å². The molecule has 0 aliphatic heterocycles. The Morgan fingerprint density at radius 2 is 2.00 bits per heavy atom. The van der Waals surface area contributed by atoms with Crippen molar-refractivity contribution in [3.8, 4) is 0 Å². The maximum atomic E-state index is 10.5. The van der Waals surface area contributed by atoms with Crippen molar-refractivity contribution in [2.45, 2.75) is 26.4 Å². The van der Waals surface area contributed by atoms with Gasteiger partial charge in [-0.2, -0.15) is 0 Å². The summed E-state index contributed by atoms with van der Waals surface area (Å²) in [6, 6.07) is 0. The fraction of sp³-hybridized carbons (Fsp3) is 0.667. The molecule has 0 saturated heterocycles. The van der Waals surface area contributed by atoms with E-state index < -0.39 is 17.7 Å². The van der Waals surface area contributed by atoms with Gasteiger partial charge in [-0.15, -0.1) is 0 Å². The molecule has 0 fully saturated rings. The number of Topliss-reactive ketones (excluding diaryl/α,β-unsaturated/α-hetero) is 2. The van der Waals surface area contributed by atoms with E-state index in [0.717, 1.165) is 6.92 Å². The molecule has 1 N–H and O–H groups in total. The van der Waals surface area contributed by atoms with Crippen LogP contribution in [0.5, 0.6) is 0 Å². The standard InChI is InChI=1S/C6H10O3/c1-3-5(8)6(9)4(2)7/h5,8H,3H2,1-2H3/t5-/m1/s1. The van der Waals surface area contributed by atoms with E-state index in [1.54, 1.807) is 6.92 Å². The molecule has 0 aromatic heterocycles. The Balaban J connectivity index is 3.88. The lowest BCUT2D eigenvalue weighted by atomic mass is 10.1. The molecule has 0 radical (unpaired) electrons. The van der Waals surface area contributed by atoms with E-state index in [9.17, 15) is 9.59 Å². The molecule has 0 aliphatic carbocycles. The summed E-state index contributed by atoms with van der Waals surface area (Å²) in [4.78, 5) is 20.7. The Morgan fingerprint density at radius 1 is 1.56 bits per heavy atom. The predicted molar refractivity (Wildman–Crippen MR) is 32.0 cm³/mol. The average molecular weight is 130 g/mol. The first-order chi connectivity index (χ1) is 4.09. The van der Waals surface area contributed by atoms with Gasteiger partial charge in [0, 0.05) is 6.92 Å². The Kier molecular flexibility index (Phi) is 3.09. The smallest absolute Gasteiger partial charge is 0.226 e. The largest absolute Gasteiger partial charge is 0.385 e.